The highest BCUT2D eigenvalue weighted by Gasteiger charge is 2.14. The summed E-state index contributed by atoms with van der Waals surface area (Å²) in [5, 5.41) is 12.2. The van der Waals surface area contributed by atoms with Crippen molar-refractivity contribution in [1.29, 1.82) is 0 Å². The molecule has 1 saturated heterocycles. The second-order valence-electron chi connectivity index (χ2n) is 9.05. The predicted molar refractivity (Wildman–Crippen MR) is 136 cm³/mol. The molecule has 0 unspecified atom stereocenters. The SMILES string of the molecule is c1ccc(CNCc2ccc3nc(Cn4cc(-c5cncc(N6CCCC6)c5)nn4)cn3c2)cc1. The monoisotopic (exact) mass is 464 g/mol. The third-order valence-electron chi connectivity index (χ3n) is 6.42. The van der Waals surface area contributed by atoms with Crippen LogP contribution < -0.4 is 10.2 Å². The van der Waals surface area contributed by atoms with Gasteiger partial charge in [-0.1, -0.05) is 41.6 Å². The zero-order chi connectivity index (χ0) is 23.5. The second-order valence-corrected chi connectivity index (χ2v) is 9.05. The minimum atomic E-state index is 0.565. The number of hydrogen-bond acceptors (Lipinski definition) is 6. The van der Waals surface area contributed by atoms with E-state index in [9.17, 15) is 0 Å². The van der Waals surface area contributed by atoms with Gasteiger partial charge >= 0.3 is 0 Å². The van der Waals surface area contributed by atoms with Crippen molar-refractivity contribution in [2.75, 3.05) is 18.0 Å². The van der Waals surface area contributed by atoms with E-state index < -0.39 is 0 Å². The average molecular weight is 465 g/mol. The van der Waals surface area contributed by atoms with Crippen LogP contribution in [0.25, 0.3) is 16.9 Å². The van der Waals surface area contributed by atoms with Crippen molar-refractivity contribution in [3.8, 4) is 11.3 Å². The molecule has 0 atom stereocenters. The van der Waals surface area contributed by atoms with Crippen LogP contribution in [0.4, 0.5) is 5.69 Å². The van der Waals surface area contributed by atoms with E-state index in [2.05, 4.69) is 84.8 Å². The van der Waals surface area contributed by atoms with E-state index in [0.717, 1.165) is 54.5 Å². The highest BCUT2D eigenvalue weighted by molar-refractivity contribution is 5.63. The lowest BCUT2D eigenvalue weighted by atomic mass is 10.2. The number of imidazole rings is 1. The fourth-order valence-electron chi connectivity index (χ4n) is 4.61. The molecule has 176 valence electrons. The Morgan fingerprint density at radius 3 is 2.60 bits per heavy atom. The van der Waals surface area contributed by atoms with E-state index in [1.165, 1.54) is 24.0 Å². The largest absolute Gasteiger partial charge is 0.370 e. The van der Waals surface area contributed by atoms with Gasteiger partial charge in [0.05, 0.1) is 30.3 Å². The van der Waals surface area contributed by atoms with E-state index in [1.807, 2.05) is 29.3 Å². The predicted octanol–water partition coefficient (Wildman–Crippen LogP) is 3.93. The number of fused-ring (bicyclic) bond motifs is 1. The van der Waals surface area contributed by atoms with Crippen molar-refractivity contribution < 1.29 is 0 Å². The van der Waals surface area contributed by atoms with Crippen molar-refractivity contribution in [3.05, 3.63) is 96.3 Å². The van der Waals surface area contributed by atoms with Gasteiger partial charge in [-0.05, 0) is 36.1 Å². The summed E-state index contributed by atoms with van der Waals surface area (Å²) in [6.45, 7) is 4.40. The van der Waals surface area contributed by atoms with Crippen LogP contribution in [-0.4, -0.2) is 42.5 Å². The van der Waals surface area contributed by atoms with Crippen molar-refractivity contribution in [3.63, 3.8) is 0 Å². The average Bonchev–Trinajstić information content (AvgIpc) is 3.66. The van der Waals surface area contributed by atoms with E-state index in [1.54, 1.807) is 0 Å². The molecule has 0 radical (unpaired) electrons. The maximum absolute atomic E-state index is 4.76. The van der Waals surface area contributed by atoms with Gasteiger partial charge in [-0.3, -0.25) is 4.98 Å². The molecule has 1 aliphatic rings. The molecule has 8 heteroatoms. The molecule has 0 saturated carbocycles. The standard InChI is InChI=1S/C27H28N8/c1-2-6-21(7-3-1)13-28-14-22-8-9-27-30-24(18-34(27)17-22)19-35-20-26(31-32-35)23-12-25(16-29-15-23)33-10-4-5-11-33/h1-3,6-9,12,15-18,20,28H,4-5,10-11,13-14,19H2. The molecule has 4 aromatic heterocycles. The fourth-order valence-corrected chi connectivity index (χ4v) is 4.61. The quantitative estimate of drug-likeness (QED) is 0.375. The van der Waals surface area contributed by atoms with Crippen molar-refractivity contribution >= 4 is 11.3 Å². The summed E-state index contributed by atoms with van der Waals surface area (Å²) in [6, 6.07) is 16.8. The summed E-state index contributed by atoms with van der Waals surface area (Å²) in [7, 11) is 0. The summed E-state index contributed by atoms with van der Waals surface area (Å²) in [5.41, 5.74) is 7.34. The summed E-state index contributed by atoms with van der Waals surface area (Å²) in [4.78, 5) is 11.6. The van der Waals surface area contributed by atoms with Gasteiger partial charge in [0.1, 0.15) is 11.3 Å². The topological polar surface area (TPSA) is 76.2 Å². The van der Waals surface area contributed by atoms with Crippen molar-refractivity contribution in [2.24, 2.45) is 0 Å². The first-order valence-corrected chi connectivity index (χ1v) is 12.1. The van der Waals surface area contributed by atoms with E-state index >= 15 is 0 Å². The maximum atomic E-state index is 4.76. The number of benzene rings is 1. The highest BCUT2D eigenvalue weighted by atomic mass is 15.4. The summed E-state index contributed by atoms with van der Waals surface area (Å²) >= 11 is 0. The molecule has 0 amide bonds. The molecule has 1 aromatic carbocycles. The highest BCUT2D eigenvalue weighted by Crippen LogP contribution is 2.24. The summed E-state index contributed by atoms with van der Waals surface area (Å²) in [5.74, 6) is 0. The molecular weight excluding hydrogens is 436 g/mol. The van der Waals surface area contributed by atoms with Crippen LogP contribution in [-0.2, 0) is 19.6 Å². The van der Waals surface area contributed by atoms with Crippen molar-refractivity contribution in [2.45, 2.75) is 32.5 Å². The smallest absolute Gasteiger partial charge is 0.137 e. The second kappa shape index (κ2) is 9.68. The van der Waals surface area contributed by atoms with Gasteiger partial charge in [0.25, 0.3) is 0 Å². The van der Waals surface area contributed by atoms with Crippen LogP contribution in [0.2, 0.25) is 0 Å². The first-order valence-electron chi connectivity index (χ1n) is 12.1. The molecule has 0 spiro atoms. The molecule has 5 aromatic rings. The Morgan fingerprint density at radius 2 is 1.71 bits per heavy atom. The Balaban J connectivity index is 1.12. The van der Waals surface area contributed by atoms with Gasteiger partial charge in [-0.25, -0.2) is 9.67 Å². The minimum Gasteiger partial charge on any atom is -0.370 e. The molecule has 0 aliphatic carbocycles. The third kappa shape index (κ3) is 4.93. The lowest BCUT2D eigenvalue weighted by Crippen LogP contribution is -2.17. The number of aromatic nitrogens is 6. The van der Waals surface area contributed by atoms with Gasteiger partial charge in [-0.2, -0.15) is 0 Å². The summed E-state index contributed by atoms with van der Waals surface area (Å²) in [6.07, 6.45) is 12.4. The molecule has 0 bridgehead atoms. The molecular formula is C27H28N8. The molecule has 6 rings (SSSR count). The van der Waals surface area contributed by atoms with Gasteiger partial charge in [0, 0.05) is 50.3 Å². The normalized spacial score (nSPS) is 13.7. The first kappa shape index (κ1) is 21.5. The van der Waals surface area contributed by atoms with Gasteiger partial charge in [0.2, 0.25) is 0 Å². The van der Waals surface area contributed by atoms with Crippen LogP contribution in [0.5, 0.6) is 0 Å². The Labute approximate surface area is 204 Å². The molecule has 1 aliphatic heterocycles. The fraction of sp³-hybridized carbons (Fsp3) is 0.259. The molecule has 1 N–H and O–H groups in total. The zero-order valence-electron chi connectivity index (χ0n) is 19.6. The van der Waals surface area contributed by atoms with E-state index in [0.29, 0.717) is 6.54 Å². The lowest BCUT2D eigenvalue weighted by molar-refractivity contribution is 0.641. The molecule has 1 fully saturated rings. The molecule has 35 heavy (non-hydrogen) atoms. The Bertz CT molecular complexity index is 1420. The number of pyridine rings is 2. The zero-order valence-corrected chi connectivity index (χ0v) is 19.6. The Kier molecular flexibility index (Phi) is 5.94. The van der Waals surface area contributed by atoms with Crippen LogP contribution in [0.15, 0.2) is 79.5 Å². The van der Waals surface area contributed by atoms with E-state index in [-0.39, 0.29) is 0 Å². The summed E-state index contributed by atoms with van der Waals surface area (Å²) < 4.78 is 3.91. The van der Waals surface area contributed by atoms with Crippen LogP contribution in [0, 0.1) is 0 Å². The minimum absolute atomic E-state index is 0.565. The number of rotatable bonds is 8. The first-order chi connectivity index (χ1) is 17.3. The van der Waals surface area contributed by atoms with Crippen LogP contribution in [0.1, 0.15) is 29.7 Å². The molecule has 8 nitrogen and oxygen atoms in total. The van der Waals surface area contributed by atoms with Crippen molar-refractivity contribution in [1.82, 2.24) is 34.7 Å². The lowest BCUT2D eigenvalue weighted by Gasteiger charge is -2.17. The van der Waals surface area contributed by atoms with Gasteiger partial charge in [-0.15, -0.1) is 5.10 Å². The number of anilines is 1. The van der Waals surface area contributed by atoms with Gasteiger partial charge in [0.15, 0.2) is 0 Å². The Morgan fingerprint density at radius 1 is 0.857 bits per heavy atom. The maximum Gasteiger partial charge on any atom is 0.137 e. The number of hydrogen-bond donors (Lipinski definition) is 1. The third-order valence-corrected chi connectivity index (χ3v) is 6.42. The van der Waals surface area contributed by atoms with Gasteiger partial charge < -0.3 is 14.6 Å². The number of nitrogens with zero attached hydrogens (tertiary/aromatic N) is 7. The van der Waals surface area contributed by atoms with E-state index in [4.69, 9.17) is 4.98 Å². The molecule has 5 heterocycles. The number of nitrogens with one attached hydrogen (secondary N) is 1. The van der Waals surface area contributed by atoms with Crippen LogP contribution >= 0.6 is 0 Å². The van der Waals surface area contributed by atoms with Crippen LogP contribution in [0.3, 0.4) is 0 Å². The Hall–Kier alpha value is -4.04.